The quantitative estimate of drug-likeness (QED) is 0.820. The first-order chi connectivity index (χ1) is 10.6. The predicted molar refractivity (Wildman–Crippen MR) is 94.5 cm³/mol. The number of nitrogens with one attached hydrogen (secondary N) is 1. The van der Waals surface area contributed by atoms with Crippen LogP contribution in [0.1, 0.15) is 19.8 Å². The molecule has 0 saturated carbocycles. The van der Waals surface area contributed by atoms with Crippen molar-refractivity contribution in [2.45, 2.75) is 25.8 Å². The van der Waals surface area contributed by atoms with Gasteiger partial charge in [0.15, 0.2) is 0 Å². The van der Waals surface area contributed by atoms with Gasteiger partial charge in [0.1, 0.15) is 5.75 Å². The van der Waals surface area contributed by atoms with Crippen molar-refractivity contribution in [1.29, 1.82) is 0 Å². The number of carbonyl (C=O) groups excluding carboxylic acids is 1. The Morgan fingerprint density at radius 1 is 1.30 bits per heavy atom. The first kappa shape index (κ1) is 19.2. The van der Waals surface area contributed by atoms with E-state index in [1.807, 2.05) is 6.92 Å². The summed E-state index contributed by atoms with van der Waals surface area (Å²) in [6.07, 6.45) is 3.04. The smallest absolute Gasteiger partial charge is 0.241 e. The number of anilines is 1. The van der Waals surface area contributed by atoms with Crippen molar-refractivity contribution >= 4 is 35.6 Å². The van der Waals surface area contributed by atoms with E-state index in [-0.39, 0.29) is 18.3 Å². The summed E-state index contributed by atoms with van der Waals surface area (Å²) in [4.78, 5) is 15.9. The third-order valence-electron chi connectivity index (χ3n) is 2.98. The highest BCUT2D eigenvalue weighted by Crippen LogP contribution is 2.22. The van der Waals surface area contributed by atoms with Crippen LogP contribution < -0.4 is 15.8 Å². The van der Waals surface area contributed by atoms with E-state index in [1.54, 1.807) is 36.4 Å². The lowest BCUT2D eigenvalue weighted by Crippen LogP contribution is -2.35. The molecular formula is C16H19Cl2N3O2. The number of amides is 1. The lowest BCUT2D eigenvalue weighted by molar-refractivity contribution is -0.117. The third kappa shape index (κ3) is 6.06. The van der Waals surface area contributed by atoms with Gasteiger partial charge in [-0.1, -0.05) is 24.9 Å². The molecule has 5 nitrogen and oxygen atoms in total. The Hall–Kier alpha value is -1.82. The van der Waals surface area contributed by atoms with E-state index in [1.165, 1.54) is 6.20 Å². The minimum absolute atomic E-state index is 0. The molecule has 7 heteroatoms. The summed E-state index contributed by atoms with van der Waals surface area (Å²) in [6, 6.07) is 9.87. The molecule has 2 rings (SSSR count). The minimum Gasteiger partial charge on any atom is -0.439 e. The van der Waals surface area contributed by atoms with Gasteiger partial charge in [-0.25, -0.2) is 4.98 Å². The van der Waals surface area contributed by atoms with Gasteiger partial charge in [0.05, 0.1) is 17.9 Å². The molecule has 1 amide bonds. The molecule has 0 aliphatic carbocycles. The van der Waals surface area contributed by atoms with Crippen LogP contribution in [0.25, 0.3) is 0 Å². The Balaban J connectivity index is 0.00000264. The molecule has 0 bridgehead atoms. The SMILES string of the molecule is CCCC(N)C(=O)Nc1ccc(Oc2ccc(Cl)cc2)nc1.Cl. The summed E-state index contributed by atoms with van der Waals surface area (Å²) in [6.45, 7) is 1.98. The molecule has 1 heterocycles. The van der Waals surface area contributed by atoms with E-state index in [0.29, 0.717) is 28.8 Å². The van der Waals surface area contributed by atoms with Gasteiger partial charge in [0.2, 0.25) is 11.8 Å². The zero-order valence-corrected chi connectivity index (χ0v) is 14.2. The number of aromatic nitrogens is 1. The molecule has 3 N–H and O–H groups in total. The van der Waals surface area contributed by atoms with Crippen molar-refractivity contribution in [1.82, 2.24) is 4.98 Å². The molecule has 0 radical (unpaired) electrons. The maximum Gasteiger partial charge on any atom is 0.241 e. The zero-order chi connectivity index (χ0) is 15.9. The largest absolute Gasteiger partial charge is 0.439 e. The van der Waals surface area contributed by atoms with Crippen LogP contribution in [0.4, 0.5) is 5.69 Å². The molecule has 23 heavy (non-hydrogen) atoms. The highest BCUT2D eigenvalue weighted by Gasteiger charge is 2.12. The highest BCUT2D eigenvalue weighted by molar-refractivity contribution is 6.30. The second kappa shape index (κ2) is 9.35. The van der Waals surface area contributed by atoms with Gasteiger partial charge in [-0.3, -0.25) is 4.79 Å². The van der Waals surface area contributed by atoms with Gasteiger partial charge >= 0.3 is 0 Å². The molecule has 1 atom stereocenters. The van der Waals surface area contributed by atoms with Crippen LogP contribution in [0.15, 0.2) is 42.6 Å². The average molecular weight is 356 g/mol. The number of hydrogen-bond acceptors (Lipinski definition) is 4. The lowest BCUT2D eigenvalue weighted by Gasteiger charge is -2.11. The molecule has 0 aliphatic rings. The molecular weight excluding hydrogens is 337 g/mol. The molecule has 1 unspecified atom stereocenters. The maximum atomic E-state index is 11.8. The van der Waals surface area contributed by atoms with Crippen molar-refractivity contribution in [2.24, 2.45) is 5.73 Å². The number of halogens is 2. The van der Waals surface area contributed by atoms with E-state index < -0.39 is 6.04 Å². The fourth-order valence-electron chi connectivity index (χ4n) is 1.82. The predicted octanol–water partition coefficient (Wildman–Crippen LogP) is 4.02. The van der Waals surface area contributed by atoms with Crippen LogP contribution in [-0.4, -0.2) is 16.9 Å². The highest BCUT2D eigenvalue weighted by atomic mass is 35.5. The Kier molecular flexibility index (Phi) is 7.81. The maximum absolute atomic E-state index is 11.8. The normalized spacial score (nSPS) is 11.3. The number of ether oxygens (including phenoxy) is 1. The molecule has 124 valence electrons. The Bertz CT molecular complexity index is 618. The Labute approximate surface area is 146 Å². The van der Waals surface area contributed by atoms with Gasteiger partial charge in [0.25, 0.3) is 0 Å². The lowest BCUT2D eigenvalue weighted by atomic mass is 10.1. The zero-order valence-electron chi connectivity index (χ0n) is 12.7. The van der Waals surface area contributed by atoms with E-state index in [4.69, 9.17) is 22.1 Å². The van der Waals surface area contributed by atoms with Crippen LogP contribution in [0.3, 0.4) is 0 Å². The van der Waals surface area contributed by atoms with Crippen LogP contribution in [-0.2, 0) is 4.79 Å². The standard InChI is InChI=1S/C16H18ClN3O2.ClH/c1-2-3-14(18)16(21)20-12-6-9-15(19-10-12)22-13-7-4-11(17)5-8-13;/h4-10,14H,2-3,18H2,1H3,(H,20,21);1H. The number of nitrogens with two attached hydrogens (primary N) is 1. The molecule has 0 fully saturated rings. The van der Waals surface area contributed by atoms with Gasteiger partial charge in [-0.2, -0.15) is 0 Å². The second-order valence-electron chi connectivity index (χ2n) is 4.83. The number of nitrogens with zero attached hydrogens (tertiary/aromatic N) is 1. The van der Waals surface area contributed by atoms with Crippen molar-refractivity contribution in [3.8, 4) is 11.6 Å². The number of benzene rings is 1. The molecule has 0 spiro atoms. The first-order valence-electron chi connectivity index (χ1n) is 7.04. The summed E-state index contributed by atoms with van der Waals surface area (Å²) in [5.41, 5.74) is 6.34. The molecule has 1 aromatic heterocycles. The number of pyridine rings is 1. The van der Waals surface area contributed by atoms with E-state index in [2.05, 4.69) is 10.3 Å². The van der Waals surface area contributed by atoms with Gasteiger partial charge in [-0.15, -0.1) is 12.4 Å². The third-order valence-corrected chi connectivity index (χ3v) is 3.23. The summed E-state index contributed by atoms with van der Waals surface area (Å²) in [7, 11) is 0. The van der Waals surface area contributed by atoms with Crippen molar-refractivity contribution in [2.75, 3.05) is 5.32 Å². The average Bonchev–Trinajstić information content (AvgIpc) is 2.51. The van der Waals surface area contributed by atoms with Crippen LogP contribution in [0.2, 0.25) is 5.02 Å². The van der Waals surface area contributed by atoms with Crippen LogP contribution in [0.5, 0.6) is 11.6 Å². The summed E-state index contributed by atoms with van der Waals surface area (Å²) in [5.74, 6) is 0.854. The van der Waals surface area contributed by atoms with Gasteiger partial charge in [0, 0.05) is 11.1 Å². The van der Waals surface area contributed by atoms with E-state index >= 15 is 0 Å². The van der Waals surface area contributed by atoms with Crippen LogP contribution >= 0.6 is 24.0 Å². The van der Waals surface area contributed by atoms with E-state index in [0.717, 1.165) is 6.42 Å². The van der Waals surface area contributed by atoms with Crippen LogP contribution in [0, 0.1) is 0 Å². The number of hydrogen-bond donors (Lipinski definition) is 2. The fraction of sp³-hybridized carbons (Fsp3) is 0.250. The summed E-state index contributed by atoms with van der Waals surface area (Å²) >= 11 is 5.81. The monoisotopic (exact) mass is 355 g/mol. The minimum atomic E-state index is -0.505. The fourth-order valence-corrected chi connectivity index (χ4v) is 1.94. The second-order valence-corrected chi connectivity index (χ2v) is 5.26. The summed E-state index contributed by atoms with van der Waals surface area (Å²) < 4.78 is 5.57. The number of rotatable bonds is 6. The van der Waals surface area contributed by atoms with Crippen molar-refractivity contribution < 1.29 is 9.53 Å². The van der Waals surface area contributed by atoms with Crippen molar-refractivity contribution in [3.05, 3.63) is 47.6 Å². The first-order valence-corrected chi connectivity index (χ1v) is 7.42. The molecule has 0 saturated heterocycles. The summed E-state index contributed by atoms with van der Waals surface area (Å²) in [5, 5.41) is 3.37. The Morgan fingerprint density at radius 2 is 2.00 bits per heavy atom. The van der Waals surface area contributed by atoms with Gasteiger partial charge in [-0.05, 0) is 36.8 Å². The molecule has 1 aromatic carbocycles. The number of carbonyl (C=O) groups is 1. The topological polar surface area (TPSA) is 77.2 Å². The Morgan fingerprint density at radius 3 is 2.57 bits per heavy atom. The van der Waals surface area contributed by atoms with Gasteiger partial charge < -0.3 is 15.8 Å². The molecule has 0 aliphatic heterocycles. The molecule has 2 aromatic rings. The van der Waals surface area contributed by atoms with Crippen molar-refractivity contribution in [3.63, 3.8) is 0 Å². The van der Waals surface area contributed by atoms with E-state index in [9.17, 15) is 4.79 Å².